The number of benzene rings is 2. The van der Waals surface area contributed by atoms with E-state index in [0.29, 0.717) is 31.2 Å². The van der Waals surface area contributed by atoms with Crippen molar-refractivity contribution in [2.24, 2.45) is 4.99 Å². The lowest BCUT2D eigenvalue weighted by atomic mass is 10.1. The fourth-order valence-electron chi connectivity index (χ4n) is 3.02. The molecule has 166 valence electrons. The molecule has 0 bridgehead atoms. The van der Waals surface area contributed by atoms with Crippen molar-refractivity contribution in [3.63, 3.8) is 0 Å². The average Bonchev–Trinajstić information content (AvgIpc) is 3.27. The van der Waals surface area contributed by atoms with Crippen LogP contribution in [-0.4, -0.2) is 37.7 Å². The maximum atomic E-state index is 12.7. The van der Waals surface area contributed by atoms with E-state index in [1.165, 1.54) is 0 Å². The van der Waals surface area contributed by atoms with E-state index in [1.54, 1.807) is 24.3 Å². The van der Waals surface area contributed by atoms with E-state index in [9.17, 15) is 18.0 Å². The Morgan fingerprint density at radius 3 is 2.45 bits per heavy atom. The van der Waals surface area contributed by atoms with Crippen LogP contribution in [-0.2, 0) is 10.9 Å². The van der Waals surface area contributed by atoms with E-state index in [-0.39, 0.29) is 17.6 Å². The molecule has 1 heterocycles. The smallest absolute Gasteiger partial charge is 0.416 e. The minimum Gasteiger partial charge on any atom is -0.494 e. The van der Waals surface area contributed by atoms with Gasteiger partial charge >= 0.3 is 6.18 Å². The first-order valence-electron chi connectivity index (χ1n) is 9.99. The van der Waals surface area contributed by atoms with Crippen molar-refractivity contribution < 1.29 is 27.4 Å². The molecule has 0 spiro atoms. The number of anilines is 1. The van der Waals surface area contributed by atoms with Gasteiger partial charge in [-0.25, -0.2) is 4.99 Å². The molecule has 1 amide bonds. The normalized spacial score (nSPS) is 16.8. The van der Waals surface area contributed by atoms with Gasteiger partial charge in [-0.2, -0.15) is 13.2 Å². The Hall–Kier alpha value is -3.07. The molecular weight excluding hydrogens is 411 g/mol. The molecule has 1 saturated heterocycles. The molecule has 0 aromatic heterocycles. The zero-order chi connectivity index (χ0) is 22.3. The number of carbonyl (C=O) groups excluding carboxylic acids is 1. The second-order valence-electron chi connectivity index (χ2n) is 6.94. The minimum absolute atomic E-state index is 0.0277. The van der Waals surface area contributed by atoms with Crippen LogP contribution in [0.5, 0.6) is 5.75 Å². The summed E-state index contributed by atoms with van der Waals surface area (Å²) in [5.74, 6) is 0.322. The summed E-state index contributed by atoms with van der Waals surface area (Å²) >= 11 is 0. The molecule has 1 aliphatic heterocycles. The average molecular weight is 435 g/mol. The maximum Gasteiger partial charge on any atom is 0.416 e. The van der Waals surface area contributed by atoms with E-state index >= 15 is 0 Å². The summed E-state index contributed by atoms with van der Waals surface area (Å²) in [5.41, 5.74) is -0.0580. The number of alkyl halides is 3. The molecule has 2 N–H and O–H groups in total. The number of rotatable bonds is 6. The van der Waals surface area contributed by atoms with E-state index < -0.39 is 17.6 Å². The van der Waals surface area contributed by atoms with Crippen LogP contribution in [0.25, 0.3) is 0 Å². The van der Waals surface area contributed by atoms with Gasteiger partial charge in [0, 0.05) is 17.9 Å². The summed E-state index contributed by atoms with van der Waals surface area (Å²) in [5, 5.41) is 5.67. The van der Waals surface area contributed by atoms with E-state index in [1.807, 2.05) is 6.92 Å². The number of guanidine groups is 1. The Balaban J connectivity index is 1.72. The van der Waals surface area contributed by atoms with Gasteiger partial charge in [-0.3, -0.25) is 10.1 Å². The van der Waals surface area contributed by atoms with Gasteiger partial charge in [0.25, 0.3) is 5.91 Å². The van der Waals surface area contributed by atoms with Crippen LogP contribution in [0.15, 0.2) is 53.5 Å². The number of amides is 1. The van der Waals surface area contributed by atoms with Crippen molar-refractivity contribution in [3.8, 4) is 5.75 Å². The number of aliphatic imine (C=N–C) groups is 1. The molecule has 3 rings (SSSR count). The molecule has 1 aliphatic rings. The third-order valence-electron chi connectivity index (χ3n) is 4.61. The number of hydrogen-bond acceptors (Lipinski definition) is 4. The Bertz CT molecular complexity index is 891. The number of carbonyl (C=O) groups is 1. The van der Waals surface area contributed by atoms with Crippen molar-refractivity contribution in [2.75, 3.05) is 25.1 Å². The van der Waals surface area contributed by atoms with Gasteiger partial charge < -0.3 is 14.8 Å². The third-order valence-corrected chi connectivity index (χ3v) is 4.61. The minimum atomic E-state index is -4.46. The zero-order valence-electron chi connectivity index (χ0n) is 17.0. The number of nitrogens with zero attached hydrogens (tertiary/aromatic N) is 1. The zero-order valence-corrected chi connectivity index (χ0v) is 17.0. The van der Waals surface area contributed by atoms with E-state index in [4.69, 9.17) is 9.47 Å². The summed E-state index contributed by atoms with van der Waals surface area (Å²) in [4.78, 5) is 17.0. The molecule has 0 unspecified atom stereocenters. The molecular formula is C22H24F3N3O3. The second kappa shape index (κ2) is 10.3. The van der Waals surface area contributed by atoms with E-state index in [2.05, 4.69) is 15.6 Å². The largest absolute Gasteiger partial charge is 0.494 e. The molecule has 31 heavy (non-hydrogen) atoms. The van der Waals surface area contributed by atoms with Crippen LogP contribution in [0, 0.1) is 0 Å². The first kappa shape index (κ1) is 22.6. The Kier molecular flexibility index (Phi) is 7.51. The summed E-state index contributed by atoms with van der Waals surface area (Å²) < 4.78 is 49.2. The Morgan fingerprint density at radius 2 is 1.87 bits per heavy atom. The van der Waals surface area contributed by atoms with Crippen LogP contribution >= 0.6 is 0 Å². The summed E-state index contributed by atoms with van der Waals surface area (Å²) in [6.45, 7) is 3.47. The predicted molar refractivity (Wildman–Crippen MR) is 111 cm³/mol. The number of nitrogens with one attached hydrogen (secondary N) is 2. The van der Waals surface area contributed by atoms with Crippen molar-refractivity contribution in [2.45, 2.75) is 32.0 Å². The number of halogens is 3. The summed E-state index contributed by atoms with van der Waals surface area (Å²) in [6, 6.07) is 11.1. The van der Waals surface area contributed by atoms with Gasteiger partial charge in [0.15, 0.2) is 0 Å². The van der Waals surface area contributed by atoms with Gasteiger partial charge in [0.05, 0.1) is 24.8 Å². The molecule has 0 radical (unpaired) electrons. The quantitative estimate of drug-likeness (QED) is 0.518. The van der Waals surface area contributed by atoms with Gasteiger partial charge in [0.2, 0.25) is 5.96 Å². The van der Waals surface area contributed by atoms with Gasteiger partial charge in [-0.05, 0) is 68.3 Å². The van der Waals surface area contributed by atoms with Gasteiger partial charge in [-0.1, -0.05) is 0 Å². The molecule has 2 aromatic carbocycles. The van der Waals surface area contributed by atoms with E-state index in [0.717, 1.165) is 37.1 Å². The lowest BCUT2D eigenvalue weighted by Crippen LogP contribution is -2.36. The van der Waals surface area contributed by atoms with Crippen LogP contribution < -0.4 is 15.4 Å². The van der Waals surface area contributed by atoms with Crippen LogP contribution in [0.1, 0.15) is 35.7 Å². The highest BCUT2D eigenvalue weighted by Gasteiger charge is 2.30. The highest BCUT2D eigenvalue weighted by atomic mass is 19.4. The standard InChI is InChI=1S/C22H24F3N3O3/c1-2-30-18-11-9-17(10-12-18)27-21(26-14-19-4-3-13-31-19)28-20(29)15-5-7-16(8-6-15)22(23,24)25/h5-12,19H,2-4,13-14H2,1H3,(H2,26,27,28,29)/t19-/m0/s1. The van der Waals surface area contributed by atoms with Crippen molar-refractivity contribution >= 4 is 17.6 Å². The van der Waals surface area contributed by atoms with Crippen molar-refractivity contribution in [1.29, 1.82) is 0 Å². The molecule has 9 heteroatoms. The van der Waals surface area contributed by atoms with Crippen molar-refractivity contribution in [1.82, 2.24) is 5.32 Å². The molecule has 0 aliphatic carbocycles. The van der Waals surface area contributed by atoms with Crippen LogP contribution in [0.2, 0.25) is 0 Å². The number of ether oxygens (including phenoxy) is 2. The molecule has 2 aromatic rings. The Labute approximate surface area is 178 Å². The topological polar surface area (TPSA) is 71.9 Å². The molecule has 0 saturated carbocycles. The highest BCUT2D eigenvalue weighted by molar-refractivity contribution is 6.10. The second-order valence-corrected chi connectivity index (χ2v) is 6.94. The van der Waals surface area contributed by atoms with Crippen LogP contribution in [0.3, 0.4) is 0 Å². The van der Waals surface area contributed by atoms with Gasteiger partial charge in [-0.15, -0.1) is 0 Å². The summed E-state index contributed by atoms with van der Waals surface area (Å²) in [6.07, 6.45) is -2.65. The number of hydrogen-bond donors (Lipinski definition) is 2. The molecule has 1 atom stereocenters. The monoisotopic (exact) mass is 435 g/mol. The predicted octanol–water partition coefficient (Wildman–Crippen LogP) is 4.48. The SMILES string of the molecule is CCOc1ccc(NC(=NC[C@@H]2CCCO2)NC(=O)c2ccc(C(F)(F)F)cc2)cc1. The first-order chi connectivity index (χ1) is 14.8. The fourth-order valence-corrected chi connectivity index (χ4v) is 3.02. The molecule has 6 nitrogen and oxygen atoms in total. The summed E-state index contributed by atoms with van der Waals surface area (Å²) in [7, 11) is 0. The van der Waals surface area contributed by atoms with Gasteiger partial charge in [0.1, 0.15) is 5.75 Å². The maximum absolute atomic E-state index is 12.7. The lowest BCUT2D eigenvalue weighted by molar-refractivity contribution is -0.137. The fraction of sp³-hybridized carbons (Fsp3) is 0.364. The Morgan fingerprint density at radius 1 is 1.16 bits per heavy atom. The molecule has 1 fully saturated rings. The lowest BCUT2D eigenvalue weighted by Gasteiger charge is -2.14. The van der Waals surface area contributed by atoms with Crippen LogP contribution in [0.4, 0.5) is 18.9 Å². The third kappa shape index (κ3) is 6.71. The first-order valence-corrected chi connectivity index (χ1v) is 9.99. The van der Waals surface area contributed by atoms with Crippen molar-refractivity contribution in [3.05, 3.63) is 59.7 Å². The highest BCUT2D eigenvalue weighted by Crippen LogP contribution is 2.29.